The normalized spacial score (nSPS) is 10.7. The van der Waals surface area contributed by atoms with E-state index in [1.165, 1.54) is 4.88 Å². The second-order valence-corrected chi connectivity index (χ2v) is 6.64. The molecule has 1 aromatic heterocycles. The Labute approximate surface area is 146 Å². The minimum atomic E-state index is 0.0294. The van der Waals surface area contributed by atoms with Crippen molar-refractivity contribution in [3.63, 3.8) is 0 Å². The summed E-state index contributed by atoms with van der Waals surface area (Å²) in [5.41, 5.74) is 0. The highest BCUT2D eigenvalue weighted by atomic mass is 35.5. The molecule has 0 unspecified atom stereocenters. The number of ether oxygens (including phenoxy) is 1. The molecule has 0 bridgehead atoms. The van der Waals surface area contributed by atoms with Crippen molar-refractivity contribution < 1.29 is 9.53 Å². The number of carbonyl (C=O) groups is 1. The Morgan fingerprint density at radius 3 is 2.87 bits per heavy atom. The fraction of sp³-hybridized carbons (Fsp3) is 0.353. The molecule has 0 radical (unpaired) electrons. The number of benzene rings is 1. The molecule has 0 saturated heterocycles. The number of rotatable bonds is 9. The molecule has 0 aliphatic heterocycles. The predicted molar refractivity (Wildman–Crippen MR) is 95.5 cm³/mol. The Kier molecular flexibility index (Phi) is 7.39. The fourth-order valence-electron chi connectivity index (χ4n) is 2.03. The van der Waals surface area contributed by atoms with Gasteiger partial charge in [-0.25, -0.2) is 0 Å². The van der Waals surface area contributed by atoms with Crippen LogP contribution in [0, 0.1) is 0 Å². The molecular formula is C17H21ClN2O2S. The first-order valence-corrected chi connectivity index (χ1v) is 8.76. The standard InChI is InChI=1S/C17H21ClN2O2S/c1-20(10-11-22-16-7-3-2-6-15(16)18)13-17(21)19-9-8-14-5-4-12-23-14/h2-7,12H,8-11,13H2,1H3,(H,19,21). The van der Waals surface area contributed by atoms with Crippen molar-refractivity contribution in [1.29, 1.82) is 0 Å². The van der Waals surface area contributed by atoms with Crippen LogP contribution in [0.5, 0.6) is 5.75 Å². The van der Waals surface area contributed by atoms with Crippen molar-refractivity contribution in [3.8, 4) is 5.75 Å². The average molecular weight is 353 g/mol. The van der Waals surface area contributed by atoms with Crippen LogP contribution in [-0.2, 0) is 11.2 Å². The summed E-state index contributed by atoms with van der Waals surface area (Å²) in [6.45, 7) is 2.17. The van der Waals surface area contributed by atoms with E-state index in [1.54, 1.807) is 17.4 Å². The average Bonchev–Trinajstić information content (AvgIpc) is 3.02. The molecule has 1 aromatic carbocycles. The van der Waals surface area contributed by atoms with E-state index in [0.29, 0.717) is 37.0 Å². The number of para-hydroxylation sites is 1. The summed E-state index contributed by atoms with van der Waals surface area (Å²) < 4.78 is 5.62. The van der Waals surface area contributed by atoms with Crippen LogP contribution in [0.2, 0.25) is 5.02 Å². The van der Waals surface area contributed by atoms with Crippen LogP contribution in [0.4, 0.5) is 0 Å². The molecule has 1 N–H and O–H groups in total. The van der Waals surface area contributed by atoms with Crippen molar-refractivity contribution in [3.05, 3.63) is 51.7 Å². The molecule has 0 spiro atoms. The summed E-state index contributed by atoms with van der Waals surface area (Å²) in [6.07, 6.45) is 0.878. The van der Waals surface area contributed by atoms with Gasteiger partial charge in [0.1, 0.15) is 12.4 Å². The summed E-state index contributed by atoms with van der Waals surface area (Å²) in [7, 11) is 1.90. The molecule has 0 aliphatic carbocycles. The number of nitrogens with zero attached hydrogens (tertiary/aromatic N) is 1. The lowest BCUT2D eigenvalue weighted by molar-refractivity contribution is -0.121. The lowest BCUT2D eigenvalue weighted by Crippen LogP contribution is -2.37. The van der Waals surface area contributed by atoms with E-state index in [1.807, 2.05) is 41.6 Å². The van der Waals surface area contributed by atoms with Gasteiger partial charge in [0.25, 0.3) is 0 Å². The highest BCUT2D eigenvalue weighted by molar-refractivity contribution is 7.09. The molecule has 124 valence electrons. The van der Waals surface area contributed by atoms with Gasteiger partial charge in [-0.05, 0) is 37.0 Å². The lowest BCUT2D eigenvalue weighted by atomic mass is 10.3. The Morgan fingerprint density at radius 2 is 2.13 bits per heavy atom. The first-order valence-electron chi connectivity index (χ1n) is 7.50. The molecule has 0 fully saturated rings. The molecule has 1 amide bonds. The molecule has 1 heterocycles. The Balaban J connectivity index is 1.59. The highest BCUT2D eigenvalue weighted by Gasteiger charge is 2.07. The van der Waals surface area contributed by atoms with Crippen LogP contribution in [0.1, 0.15) is 4.88 Å². The van der Waals surface area contributed by atoms with Crippen LogP contribution in [0.15, 0.2) is 41.8 Å². The number of thiophene rings is 1. The van der Waals surface area contributed by atoms with Crippen LogP contribution >= 0.6 is 22.9 Å². The number of amides is 1. The number of likely N-dealkylation sites (N-methyl/N-ethyl adjacent to an activating group) is 1. The van der Waals surface area contributed by atoms with Gasteiger partial charge in [0, 0.05) is 18.0 Å². The fourth-order valence-corrected chi connectivity index (χ4v) is 2.93. The summed E-state index contributed by atoms with van der Waals surface area (Å²) >= 11 is 7.73. The minimum Gasteiger partial charge on any atom is -0.491 e. The maximum Gasteiger partial charge on any atom is 0.234 e. The molecule has 6 heteroatoms. The first kappa shape index (κ1) is 17.8. The maximum atomic E-state index is 11.9. The van der Waals surface area contributed by atoms with Crippen molar-refractivity contribution in [2.24, 2.45) is 0 Å². The van der Waals surface area contributed by atoms with Crippen LogP contribution < -0.4 is 10.1 Å². The van der Waals surface area contributed by atoms with Gasteiger partial charge < -0.3 is 10.1 Å². The Hall–Kier alpha value is -1.56. The van der Waals surface area contributed by atoms with Gasteiger partial charge in [0.2, 0.25) is 5.91 Å². The van der Waals surface area contributed by atoms with Gasteiger partial charge >= 0.3 is 0 Å². The van der Waals surface area contributed by atoms with Crippen LogP contribution in [-0.4, -0.2) is 44.1 Å². The molecule has 0 atom stereocenters. The molecule has 0 aliphatic rings. The summed E-state index contributed by atoms with van der Waals surface area (Å²) in [5, 5.41) is 5.58. The summed E-state index contributed by atoms with van der Waals surface area (Å²) in [4.78, 5) is 15.1. The quantitative estimate of drug-likeness (QED) is 0.754. The van der Waals surface area contributed by atoms with Gasteiger partial charge in [0.15, 0.2) is 0 Å². The van der Waals surface area contributed by atoms with E-state index in [4.69, 9.17) is 16.3 Å². The van der Waals surface area contributed by atoms with E-state index in [2.05, 4.69) is 11.4 Å². The number of nitrogens with one attached hydrogen (secondary N) is 1. The third-order valence-electron chi connectivity index (χ3n) is 3.25. The zero-order valence-electron chi connectivity index (χ0n) is 13.1. The predicted octanol–water partition coefficient (Wildman–Crippen LogP) is 3.07. The highest BCUT2D eigenvalue weighted by Crippen LogP contribution is 2.22. The second kappa shape index (κ2) is 9.55. The van der Waals surface area contributed by atoms with Gasteiger partial charge in [-0.1, -0.05) is 29.8 Å². The van der Waals surface area contributed by atoms with Gasteiger partial charge in [-0.3, -0.25) is 9.69 Å². The smallest absolute Gasteiger partial charge is 0.234 e. The topological polar surface area (TPSA) is 41.6 Å². The first-order chi connectivity index (χ1) is 11.1. The van der Waals surface area contributed by atoms with Gasteiger partial charge in [-0.15, -0.1) is 11.3 Å². The number of halogens is 1. The van der Waals surface area contributed by atoms with Crippen molar-refractivity contribution >= 4 is 28.8 Å². The Morgan fingerprint density at radius 1 is 1.30 bits per heavy atom. The molecule has 4 nitrogen and oxygen atoms in total. The van der Waals surface area contributed by atoms with E-state index >= 15 is 0 Å². The van der Waals surface area contributed by atoms with Crippen LogP contribution in [0.25, 0.3) is 0 Å². The summed E-state index contributed by atoms with van der Waals surface area (Å²) in [5.74, 6) is 0.699. The van der Waals surface area contributed by atoms with Crippen molar-refractivity contribution in [2.45, 2.75) is 6.42 Å². The van der Waals surface area contributed by atoms with E-state index in [0.717, 1.165) is 6.42 Å². The molecule has 23 heavy (non-hydrogen) atoms. The molecule has 2 aromatic rings. The van der Waals surface area contributed by atoms with Crippen LogP contribution in [0.3, 0.4) is 0 Å². The van der Waals surface area contributed by atoms with E-state index < -0.39 is 0 Å². The van der Waals surface area contributed by atoms with E-state index in [9.17, 15) is 4.79 Å². The molecule has 2 rings (SSSR count). The van der Waals surface area contributed by atoms with E-state index in [-0.39, 0.29) is 5.91 Å². The third-order valence-corrected chi connectivity index (χ3v) is 4.50. The van der Waals surface area contributed by atoms with Crippen molar-refractivity contribution in [2.75, 3.05) is 33.3 Å². The second-order valence-electron chi connectivity index (χ2n) is 5.20. The molecule has 0 saturated carbocycles. The Bertz CT molecular complexity index is 604. The number of hydrogen-bond acceptors (Lipinski definition) is 4. The number of carbonyl (C=O) groups excluding carboxylic acids is 1. The largest absolute Gasteiger partial charge is 0.491 e. The third kappa shape index (κ3) is 6.60. The SMILES string of the molecule is CN(CCOc1ccccc1Cl)CC(=O)NCCc1cccs1. The summed E-state index contributed by atoms with van der Waals surface area (Å²) in [6, 6.07) is 11.5. The lowest BCUT2D eigenvalue weighted by Gasteiger charge is -2.17. The zero-order chi connectivity index (χ0) is 16.5. The zero-order valence-corrected chi connectivity index (χ0v) is 14.7. The van der Waals surface area contributed by atoms with Gasteiger partial charge in [0.05, 0.1) is 11.6 Å². The van der Waals surface area contributed by atoms with Gasteiger partial charge in [-0.2, -0.15) is 0 Å². The minimum absolute atomic E-state index is 0.0294. The monoisotopic (exact) mass is 352 g/mol. The maximum absolute atomic E-state index is 11.9. The molecular weight excluding hydrogens is 332 g/mol. The van der Waals surface area contributed by atoms with Crippen molar-refractivity contribution in [1.82, 2.24) is 10.2 Å². The number of hydrogen-bond donors (Lipinski definition) is 1.